The third-order valence-electron chi connectivity index (χ3n) is 2.66. The average molecular weight is 402 g/mol. The van der Waals surface area contributed by atoms with Crippen molar-refractivity contribution >= 4 is 41.5 Å². The van der Waals surface area contributed by atoms with Gasteiger partial charge in [-0.15, -0.1) is 30.6 Å². The van der Waals surface area contributed by atoms with E-state index < -0.39 is 0 Å². The molecular formula is C15H23IN4O. The smallest absolute Gasteiger partial charge is 0.242 e. The molecule has 1 aromatic carbocycles. The van der Waals surface area contributed by atoms with Crippen LogP contribution in [0.25, 0.3) is 0 Å². The van der Waals surface area contributed by atoms with Gasteiger partial charge in [-0.25, -0.2) is 4.99 Å². The lowest BCUT2D eigenvalue weighted by molar-refractivity contribution is -0.119. The molecule has 1 amide bonds. The van der Waals surface area contributed by atoms with Gasteiger partial charge in [0.1, 0.15) is 6.54 Å². The first kappa shape index (κ1) is 19.4. The second-order valence-corrected chi connectivity index (χ2v) is 4.70. The summed E-state index contributed by atoms with van der Waals surface area (Å²) in [5.41, 5.74) is 7.83. The summed E-state index contributed by atoms with van der Waals surface area (Å²) in [5.74, 6) is 0.477. The monoisotopic (exact) mass is 402 g/mol. The van der Waals surface area contributed by atoms with Crippen LogP contribution in [0.5, 0.6) is 0 Å². The van der Waals surface area contributed by atoms with Gasteiger partial charge in [0.15, 0.2) is 5.96 Å². The van der Waals surface area contributed by atoms with Crippen molar-refractivity contribution in [3.05, 3.63) is 42.5 Å². The number of aliphatic imine (C=N–C) groups is 1. The van der Waals surface area contributed by atoms with Crippen molar-refractivity contribution in [3.63, 3.8) is 0 Å². The van der Waals surface area contributed by atoms with E-state index in [1.54, 1.807) is 6.08 Å². The van der Waals surface area contributed by atoms with Crippen LogP contribution in [0.1, 0.15) is 25.3 Å². The molecule has 21 heavy (non-hydrogen) atoms. The third kappa shape index (κ3) is 7.69. The highest BCUT2D eigenvalue weighted by atomic mass is 127. The normalized spacial score (nSPS) is 10.7. The fourth-order valence-electron chi connectivity index (χ4n) is 1.56. The molecule has 116 valence electrons. The van der Waals surface area contributed by atoms with Gasteiger partial charge in [0, 0.05) is 12.2 Å². The molecule has 0 radical (unpaired) electrons. The Morgan fingerprint density at radius 2 is 2.19 bits per heavy atom. The number of nitrogens with zero attached hydrogens (tertiary/aromatic N) is 1. The second-order valence-electron chi connectivity index (χ2n) is 4.70. The Labute approximate surface area is 143 Å². The van der Waals surface area contributed by atoms with Crippen molar-refractivity contribution < 1.29 is 4.79 Å². The van der Waals surface area contributed by atoms with Gasteiger partial charge in [0.25, 0.3) is 0 Å². The predicted octanol–water partition coefficient (Wildman–Crippen LogP) is 2.46. The summed E-state index contributed by atoms with van der Waals surface area (Å²) < 4.78 is 0. The van der Waals surface area contributed by atoms with E-state index in [0.717, 1.165) is 5.69 Å². The molecule has 0 spiro atoms. The highest BCUT2D eigenvalue weighted by Crippen LogP contribution is 2.18. The zero-order valence-electron chi connectivity index (χ0n) is 12.4. The number of rotatable bonds is 6. The molecule has 0 heterocycles. The van der Waals surface area contributed by atoms with Crippen LogP contribution in [0.15, 0.2) is 41.9 Å². The van der Waals surface area contributed by atoms with E-state index >= 15 is 0 Å². The number of hydrogen-bond donors (Lipinski definition) is 3. The maximum atomic E-state index is 11.4. The van der Waals surface area contributed by atoms with Gasteiger partial charge >= 0.3 is 0 Å². The van der Waals surface area contributed by atoms with Crippen molar-refractivity contribution in [2.24, 2.45) is 10.7 Å². The molecule has 0 aliphatic heterocycles. The number of halogens is 1. The minimum Gasteiger partial charge on any atom is -0.370 e. The summed E-state index contributed by atoms with van der Waals surface area (Å²) in [6.45, 7) is 8.19. The lowest BCUT2D eigenvalue weighted by Gasteiger charge is -2.09. The van der Waals surface area contributed by atoms with Gasteiger partial charge in [-0.1, -0.05) is 32.1 Å². The Kier molecular flexibility index (Phi) is 9.44. The number of benzene rings is 1. The summed E-state index contributed by atoms with van der Waals surface area (Å²) >= 11 is 0. The lowest BCUT2D eigenvalue weighted by atomic mass is 10.0. The van der Waals surface area contributed by atoms with E-state index in [2.05, 4.69) is 42.1 Å². The Hall–Kier alpha value is -1.57. The molecule has 0 aromatic heterocycles. The molecule has 0 aliphatic carbocycles. The zero-order chi connectivity index (χ0) is 15.0. The maximum absolute atomic E-state index is 11.4. The van der Waals surface area contributed by atoms with Crippen molar-refractivity contribution in [1.82, 2.24) is 5.32 Å². The highest BCUT2D eigenvalue weighted by Gasteiger charge is 2.02. The van der Waals surface area contributed by atoms with Crippen LogP contribution in [0.4, 0.5) is 5.69 Å². The molecule has 0 aliphatic rings. The van der Waals surface area contributed by atoms with E-state index in [-0.39, 0.29) is 42.4 Å². The minimum atomic E-state index is -0.189. The van der Waals surface area contributed by atoms with Crippen molar-refractivity contribution in [1.29, 1.82) is 0 Å². The number of nitrogens with two attached hydrogens (primary N) is 1. The van der Waals surface area contributed by atoms with E-state index in [4.69, 9.17) is 5.73 Å². The fraction of sp³-hybridized carbons (Fsp3) is 0.333. The Bertz CT molecular complexity index is 500. The Balaban J connectivity index is 0.00000400. The lowest BCUT2D eigenvalue weighted by Crippen LogP contribution is -2.29. The van der Waals surface area contributed by atoms with E-state index in [1.165, 1.54) is 5.56 Å². The largest absolute Gasteiger partial charge is 0.370 e. The number of nitrogens with one attached hydrogen (secondary N) is 2. The standard InChI is InChI=1S/C15H22N4O.HI/c1-4-8-17-14(20)10-18-15(16)19-13-7-5-6-12(9-13)11(2)3;/h4-7,9,11H,1,8,10H2,2-3H3,(H,17,20)(H3,16,18,19);1H. The summed E-state index contributed by atoms with van der Waals surface area (Å²) in [6, 6.07) is 7.95. The Morgan fingerprint density at radius 1 is 1.48 bits per heavy atom. The maximum Gasteiger partial charge on any atom is 0.242 e. The van der Waals surface area contributed by atoms with Crippen LogP contribution in [0.3, 0.4) is 0 Å². The number of anilines is 1. The van der Waals surface area contributed by atoms with Crippen molar-refractivity contribution in [2.75, 3.05) is 18.4 Å². The summed E-state index contributed by atoms with van der Waals surface area (Å²) in [4.78, 5) is 15.3. The molecule has 1 aromatic rings. The third-order valence-corrected chi connectivity index (χ3v) is 2.66. The first-order valence-corrected chi connectivity index (χ1v) is 6.57. The van der Waals surface area contributed by atoms with Crippen LogP contribution in [-0.4, -0.2) is 25.0 Å². The van der Waals surface area contributed by atoms with Gasteiger partial charge in [0.2, 0.25) is 5.91 Å². The van der Waals surface area contributed by atoms with Crippen LogP contribution in [0, 0.1) is 0 Å². The summed E-state index contributed by atoms with van der Waals surface area (Å²) in [6.07, 6.45) is 1.61. The van der Waals surface area contributed by atoms with Gasteiger partial charge in [0.05, 0.1) is 0 Å². The SMILES string of the molecule is C=CCNC(=O)CN=C(N)Nc1cccc(C(C)C)c1.I. The zero-order valence-corrected chi connectivity index (χ0v) is 14.8. The van der Waals surface area contributed by atoms with Crippen molar-refractivity contribution in [2.45, 2.75) is 19.8 Å². The molecule has 0 bridgehead atoms. The Morgan fingerprint density at radius 3 is 2.81 bits per heavy atom. The molecule has 0 atom stereocenters. The first-order valence-electron chi connectivity index (χ1n) is 6.57. The molecule has 0 saturated heterocycles. The number of carbonyl (C=O) groups excluding carboxylic acids is 1. The fourth-order valence-corrected chi connectivity index (χ4v) is 1.56. The van der Waals surface area contributed by atoms with E-state index in [0.29, 0.717) is 12.5 Å². The molecule has 0 saturated carbocycles. The molecule has 0 fully saturated rings. The van der Waals surface area contributed by atoms with Crippen LogP contribution < -0.4 is 16.4 Å². The summed E-state index contributed by atoms with van der Waals surface area (Å²) in [7, 11) is 0. The molecule has 5 nitrogen and oxygen atoms in total. The number of guanidine groups is 1. The molecule has 4 N–H and O–H groups in total. The van der Waals surface area contributed by atoms with E-state index in [1.807, 2.05) is 18.2 Å². The number of carbonyl (C=O) groups is 1. The van der Waals surface area contributed by atoms with Crippen LogP contribution in [-0.2, 0) is 4.79 Å². The van der Waals surface area contributed by atoms with Crippen molar-refractivity contribution in [3.8, 4) is 0 Å². The topological polar surface area (TPSA) is 79.5 Å². The molecular weight excluding hydrogens is 379 g/mol. The average Bonchev–Trinajstić information content (AvgIpc) is 2.43. The predicted molar refractivity (Wildman–Crippen MR) is 99.3 cm³/mol. The van der Waals surface area contributed by atoms with Gasteiger partial charge in [-0.2, -0.15) is 0 Å². The van der Waals surface area contributed by atoms with Gasteiger partial charge in [-0.3, -0.25) is 4.79 Å². The van der Waals surface area contributed by atoms with Crippen LogP contribution in [0.2, 0.25) is 0 Å². The number of amides is 1. The van der Waals surface area contributed by atoms with Gasteiger partial charge < -0.3 is 16.4 Å². The second kappa shape index (κ2) is 10.2. The quantitative estimate of drug-likeness (QED) is 0.296. The van der Waals surface area contributed by atoms with Crippen LogP contribution >= 0.6 is 24.0 Å². The highest BCUT2D eigenvalue weighted by molar-refractivity contribution is 14.0. The molecule has 0 unspecified atom stereocenters. The van der Waals surface area contributed by atoms with Gasteiger partial charge in [-0.05, 0) is 23.6 Å². The minimum absolute atomic E-state index is 0. The molecule has 6 heteroatoms. The number of hydrogen-bond acceptors (Lipinski definition) is 2. The summed E-state index contributed by atoms with van der Waals surface area (Å²) in [5, 5.41) is 5.60. The molecule has 1 rings (SSSR count). The van der Waals surface area contributed by atoms with E-state index in [9.17, 15) is 4.79 Å². The first-order chi connectivity index (χ1) is 9.52.